The van der Waals surface area contributed by atoms with Crippen molar-refractivity contribution in [3.63, 3.8) is 0 Å². The first-order chi connectivity index (χ1) is 15.5. The van der Waals surface area contributed by atoms with E-state index in [4.69, 9.17) is 5.73 Å². The monoisotopic (exact) mass is 432 g/mol. The fourth-order valence-electron chi connectivity index (χ4n) is 4.01. The lowest BCUT2D eigenvalue weighted by Gasteiger charge is -2.22. The van der Waals surface area contributed by atoms with Crippen molar-refractivity contribution in [2.75, 3.05) is 12.3 Å². The van der Waals surface area contributed by atoms with Gasteiger partial charge in [0.05, 0.1) is 13.1 Å². The molecule has 166 valence electrons. The fourth-order valence-corrected chi connectivity index (χ4v) is 4.01. The zero-order valence-corrected chi connectivity index (χ0v) is 18.2. The molecule has 1 fully saturated rings. The maximum Gasteiger partial charge on any atom is 0.332 e. The molecule has 0 amide bonds. The summed E-state index contributed by atoms with van der Waals surface area (Å²) in [5.41, 5.74) is 7.06. The molecule has 7 heteroatoms. The van der Waals surface area contributed by atoms with Crippen LogP contribution < -0.4 is 17.0 Å². The van der Waals surface area contributed by atoms with Gasteiger partial charge in [-0.3, -0.25) is 23.6 Å². The Morgan fingerprint density at radius 3 is 2.12 bits per heavy atom. The van der Waals surface area contributed by atoms with E-state index in [0.29, 0.717) is 12.6 Å². The number of hydrogen-bond donors (Lipinski definition) is 1. The van der Waals surface area contributed by atoms with Crippen LogP contribution in [0.25, 0.3) is 0 Å². The molecule has 0 atom stereocenters. The molecule has 0 bridgehead atoms. The molecule has 1 heterocycles. The third kappa shape index (κ3) is 4.57. The van der Waals surface area contributed by atoms with Gasteiger partial charge in [0.1, 0.15) is 11.4 Å². The van der Waals surface area contributed by atoms with Crippen molar-refractivity contribution < 1.29 is 4.79 Å². The molecule has 0 aliphatic heterocycles. The van der Waals surface area contributed by atoms with E-state index < -0.39 is 11.2 Å². The minimum Gasteiger partial charge on any atom is -0.384 e. The standard InChI is InChI=1S/C25H28N4O3/c1-2-28-24(31)22(23(26)29(25(28)32)16-19-11-7-4-8-12-19)21(30)17-27(20-13-14-20)15-18-9-5-3-6-10-18/h3-12,20H,2,13-17,26H2,1H3. The van der Waals surface area contributed by atoms with Crippen LogP contribution in [0.3, 0.4) is 0 Å². The summed E-state index contributed by atoms with van der Waals surface area (Å²) in [5, 5.41) is 0. The van der Waals surface area contributed by atoms with Crippen LogP contribution in [-0.2, 0) is 19.6 Å². The van der Waals surface area contributed by atoms with Gasteiger partial charge in [0, 0.05) is 19.1 Å². The van der Waals surface area contributed by atoms with Crippen LogP contribution in [0.4, 0.5) is 5.82 Å². The highest BCUT2D eigenvalue weighted by molar-refractivity contribution is 6.01. The lowest BCUT2D eigenvalue weighted by molar-refractivity contribution is 0.0917. The number of hydrogen-bond acceptors (Lipinski definition) is 5. The molecule has 0 spiro atoms. The number of ketones is 1. The van der Waals surface area contributed by atoms with E-state index >= 15 is 0 Å². The fraction of sp³-hybridized carbons (Fsp3) is 0.320. The molecule has 1 aliphatic rings. The van der Waals surface area contributed by atoms with Crippen molar-refractivity contribution in [3.8, 4) is 0 Å². The number of carbonyl (C=O) groups excluding carboxylic acids is 1. The zero-order valence-electron chi connectivity index (χ0n) is 18.2. The minimum absolute atomic E-state index is 0.0611. The second-order valence-corrected chi connectivity index (χ2v) is 8.21. The van der Waals surface area contributed by atoms with E-state index in [2.05, 4.69) is 4.90 Å². The molecular weight excluding hydrogens is 404 g/mol. The summed E-state index contributed by atoms with van der Waals surface area (Å²) in [6, 6.07) is 19.7. The molecule has 1 aliphatic carbocycles. The molecule has 2 N–H and O–H groups in total. The van der Waals surface area contributed by atoms with E-state index in [1.54, 1.807) is 6.92 Å². The Morgan fingerprint density at radius 1 is 0.969 bits per heavy atom. The van der Waals surface area contributed by atoms with Crippen LogP contribution in [0, 0.1) is 0 Å². The first-order valence-corrected chi connectivity index (χ1v) is 11.0. The number of anilines is 1. The number of carbonyl (C=O) groups is 1. The lowest BCUT2D eigenvalue weighted by Crippen LogP contribution is -2.45. The normalized spacial score (nSPS) is 13.4. The number of benzene rings is 2. The number of nitrogens with zero attached hydrogens (tertiary/aromatic N) is 3. The van der Waals surface area contributed by atoms with Crippen LogP contribution >= 0.6 is 0 Å². The Labute approximate surface area is 186 Å². The van der Waals surface area contributed by atoms with Crippen molar-refractivity contribution in [1.82, 2.24) is 14.0 Å². The Bertz CT molecular complexity index is 1210. The van der Waals surface area contributed by atoms with Crippen LogP contribution in [0.2, 0.25) is 0 Å². The van der Waals surface area contributed by atoms with Crippen LogP contribution in [-0.4, -0.2) is 32.4 Å². The van der Waals surface area contributed by atoms with E-state index in [1.165, 1.54) is 4.57 Å². The van der Waals surface area contributed by atoms with Crippen LogP contribution in [0.15, 0.2) is 70.3 Å². The molecule has 0 saturated heterocycles. The van der Waals surface area contributed by atoms with Crippen LogP contribution in [0.5, 0.6) is 0 Å². The third-order valence-electron chi connectivity index (χ3n) is 5.88. The van der Waals surface area contributed by atoms with E-state index in [1.807, 2.05) is 60.7 Å². The molecule has 0 radical (unpaired) electrons. The summed E-state index contributed by atoms with van der Waals surface area (Å²) in [6.45, 7) is 2.80. The predicted molar refractivity (Wildman–Crippen MR) is 125 cm³/mol. The largest absolute Gasteiger partial charge is 0.384 e. The van der Waals surface area contributed by atoms with Gasteiger partial charge in [-0.2, -0.15) is 0 Å². The average molecular weight is 433 g/mol. The van der Waals surface area contributed by atoms with Gasteiger partial charge >= 0.3 is 5.69 Å². The summed E-state index contributed by atoms with van der Waals surface area (Å²) in [6.07, 6.45) is 2.06. The SMILES string of the molecule is CCn1c(=O)c(C(=O)CN(Cc2ccccc2)C2CC2)c(N)n(Cc2ccccc2)c1=O. The van der Waals surface area contributed by atoms with E-state index in [0.717, 1.165) is 28.5 Å². The third-order valence-corrected chi connectivity index (χ3v) is 5.88. The maximum atomic E-state index is 13.4. The van der Waals surface area contributed by atoms with E-state index in [-0.39, 0.29) is 36.8 Å². The number of nitrogen functional groups attached to an aromatic ring is 1. The van der Waals surface area contributed by atoms with Gasteiger partial charge in [-0.1, -0.05) is 60.7 Å². The Hall–Kier alpha value is -3.45. The van der Waals surface area contributed by atoms with Gasteiger partial charge < -0.3 is 5.73 Å². The van der Waals surface area contributed by atoms with Gasteiger partial charge in [0.2, 0.25) is 0 Å². The van der Waals surface area contributed by atoms with Crippen molar-refractivity contribution in [2.24, 2.45) is 0 Å². The summed E-state index contributed by atoms with van der Waals surface area (Å²) < 4.78 is 2.41. The number of Topliss-reactive ketones (excluding diaryl/α,β-unsaturated/α-hetero) is 1. The van der Waals surface area contributed by atoms with Gasteiger partial charge in [-0.05, 0) is 30.9 Å². The molecule has 4 rings (SSSR count). The second kappa shape index (κ2) is 9.36. The van der Waals surface area contributed by atoms with Gasteiger partial charge in [-0.15, -0.1) is 0 Å². The average Bonchev–Trinajstić information content (AvgIpc) is 3.64. The number of nitrogens with two attached hydrogens (primary N) is 1. The zero-order chi connectivity index (χ0) is 22.7. The summed E-state index contributed by atoms with van der Waals surface area (Å²) in [4.78, 5) is 41.4. The summed E-state index contributed by atoms with van der Waals surface area (Å²) in [7, 11) is 0. The van der Waals surface area contributed by atoms with Gasteiger partial charge in [-0.25, -0.2) is 4.79 Å². The van der Waals surface area contributed by atoms with Crippen LogP contribution in [0.1, 0.15) is 41.3 Å². The molecule has 2 aromatic carbocycles. The predicted octanol–water partition coefficient (Wildman–Crippen LogP) is 2.51. The molecule has 1 aromatic heterocycles. The first kappa shape index (κ1) is 21.8. The van der Waals surface area contributed by atoms with Crippen molar-refractivity contribution in [3.05, 3.63) is 98.2 Å². The molecule has 1 saturated carbocycles. The number of aromatic nitrogens is 2. The highest BCUT2D eigenvalue weighted by Crippen LogP contribution is 2.28. The highest BCUT2D eigenvalue weighted by Gasteiger charge is 2.32. The Morgan fingerprint density at radius 2 is 1.56 bits per heavy atom. The Balaban J connectivity index is 1.68. The summed E-state index contributed by atoms with van der Waals surface area (Å²) in [5.74, 6) is -0.409. The highest BCUT2D eigenvalue weighted by atomic mass is 16.2. The summed E-state index contributed by atoms with van der Waals surface area (Å²) >= 11 is 0. The van der Waals surface area contributed by atoms with Crippen molar-refractivity contribution in [2.45, 2.75) is 45.4 Å². The van der Waals surface area contributed by atoms with Gasteiger partial charge in [0.25, 0.3) is 5.56 Å². The number of rotatable bonds is 9. The molecule has 0 unspecified atom stereocenters. The molecule has 7 nitrogen and oxygen atoms in total. The topological polar surface area (TPSA) is 90.3 Å². The van der Waals surface area contributed by atoms with Crippen molar-refractivity contribution >= 4 is 11.6 Å². The lowest BCUT2D eigenvalue weighted by atomic mass is 10.1. The molecule has 3 aromatic rings. The maximum absolute atomic E-state index is 13.4. The second-order valence-electron chi connectivity index (χ2n) is 8.21. The molecular formula is C25H28N4O3. The van der Waals surface area contributed by atoms with E-state index in [9.17, 15) is 14.4 Å². The Kier molecular flexibility index (Phi) is 6.37. The minimum atomic E-state index is -0.611. The first-order valence-electron chi connectivity index (χ1n) is 11.0. The van der Waals surface area contributed by atoms with Gasteiger partial charge in [0.15, 0.2) is 5.78 Å². The molecule has 32 heavy (non-hydrogen) atoms. The quantitative estimate of drug-likeness (QED) is 0.525. The smallest absolute Gasteiger partial charge is 0.332 e. The van der Waals surface area contributed by atoms with Crippen molar-refractivity contribution in [1.29, 1.82) is 0 Å².